The van der Waals surface area contributed by atoms with Gasteiger partial charge < -0.3 is 14.6 Å². The van der Waals surface area contributed by atoms with Gasteiger partial charge in [-0.25, -0.2) is 4.98 Å². The number of carbonyl (C=O) groups excluding carboxylic acids is 1. The average molecular weight is 394 g/mol. The molecule has 1 aliphatic heterocycles. The summed E-state index contributed by atoms with van der Waals surface area (Å²) >= 11 is 0. The lowest BCUT2D eigenvalue weighted by Crippen LogP contribution is -2.47. The molecule has 7 heteroatoms. The van der Waals surface area contributed by atoms with Crippen molar-refractivity contribution in [2.24, 2.45) is 5.41 Å². The third-order valence-corrected chi connectivity index (χ3v) is 5.97. The van der Waals surface area contributed by atoms with Gasteiger partial charge in [-0.1, -0.05) is 32.0 Å². The van der Waals surface area contributed by atoms with Gasteiger partial charge in [0.05, 0.1) is 4.92 Å². The zero-order valence-electron chi connectivity index (χ0n) is 16.9. The molecule has 1 fully saturated rings. The highest BCUT2D eigenvalue weighted by Crippen LogP contribution is 2.43. The van der Waals surface area contributed by atoms with Crippen LogP contribution in [0.15, 0.2) is 36.4 Å². The minimum Gasteiger partial charge on any atom is -0.368 e. The van der Waals surface area contributed by atoms with Gasteiger partial charge >= 0.3 is 5.69 Å². The molecule has 1 unspecified atom stereocenters. The van der Waals surface area contributed by atoms with E-state index in [9.17, 15) is 14.9 Å². The molecule has 152 valence electrons. The van der Waals surface area contributed by atoms with Crippen LogP contribution in [-0.4, -0.2) is 42.4 Å². The molecule has 2 aromatic rings. The van der Waals surface area contributed by atoms with Crippen LogP contribution >= 0.6 is 0 Å². The van der Waals surface area contributed by atoms with Crippen molar-refractivity contribution in [2.45, 2.75) is 32.6 Å². The Bertz CT molecular complexity index is 921. The first-order valence-corrected chi connectivity index (χ1v) is 10.1. The summed E-state index contributed by atoms with van der Waals surface area (Å²) in [7, 11) is 0. The summed E-state index contributed by atoms with van der Waals surface area (Å²) in [5.74, 6) is 0.104. The maximum Gasteiger partial charge on any atom is 0.311 e. The molecule has 2 heterocycles. The molecule has 1 saturated heterocycles. The molecule has 1 aromatic carbocycles. The van der Waals surface area contributed by atoms with E-state index in [0.717, 1.165) is 42.7 Å². The lowest BCUT2D eigenvalue weighted by Gasteiger charge is -2.38. The van der Waals surface area contributed by atoms with Crippen molar-refractivity contribution in [3.8, 4) is 0 Å². The zero-order valence-corrected chi connectivity index (χ0v) is 16.9. The molecule has 0 amide bonds. The van der Waals surface area contributed by atoms with Gasteiger partial charge in [0.25, 0.3) is 0 Å². The number of carbonyl (C=O) groups is 1. The van der Waals surface area contributed by atoms with Gasteiger partial charge in [0, 0.05) is 49.5 Å². The van der Waals surface area contributed by atoms with E-state index in [1.54, 1.807) is 6.07 Å². The number of benzene rings is 1. The minimum absolute atomic E-state index is 0.00321. The number of fused-ring (bicyclic) bond motifs is 1. The summed E-state index contributed by atoms with van der Waals surface area (Å²) in [6.45, 7) is 7.14. The van der Waals surface area contributed by atoms with E-state index >= 15 is 0 Å². The van der Waals surface area contributed by atoms with Crippen LogP contribution in [0, 0.1) is 15.5 Å². The number of para-hydroxylation sites is 1. The molecule has 0 saturated carbocycles. The van der Waals surface area contributed by atoms with Crippen LogP contribution in [0.4, 0.5) is 17.2 Å². The van der Waals surface area contributed by atoms with E-state index in [0.29, 0.717) is 25.3 Å². The SMILES string of the molecule is CC1(C)Cc2nc(N3CCN(c4ccccc4)CC3)c([N+](=O)[O-])cc2C(C=O)C1. The van der Waals surface area contributed by atoms with Gasteiger partial charge in [0.1, 0.15) is 6.29 Å². The Balaban J connectivity index is 1.64. The molecule has 0 N–H and O–H groups in total. The maximum atomic E-state index is 11.8. The maximum absolute atomic E-state index is 11.8. The van der Waals surface area contributed by atoms with E-state index in [1.165, 1.54) is 0 Å². The molecule has 0 radical (unpaired) electrons. The number of rotatable bonds is 4. The Hall–Kier alpha value is -2.96. The third kappa shape index (κ3) is 3.81. The molecule has 1 aliphatic carbocycles. The first-order chi connectivity index (χ1) is 13.9. The molecule has 1 atom stereocenters. The van der Waals surface area contributed by atoms with Crippen molar-refractivity contribution in [3.63, 3.8) is 0 Å². The highest BCUT2D eigenvalue weighted by atomic mass is 16.6. The van der Waals surface area contributed by atoms with Crippen molar-refractivity contribution in [3.05, 3.63) is 57.8 Å². The van der Waals surface area contributed by atoms with Crippen LogP contribution < -0.4 is 9.80 Å². The number of nitrogens with zero attached hydrogens (tertiary/aromatic N) is 4. The predicted octanol–water partition coefficient (Wildman–Crippen LogP) is 3.57. The fraction of sp³-hybridized carbons (Fsp3) is 0.455. The number of hydrogen-bond acceptors (Lipinski definition) is 6. The van der Waals surface area contributed by atoms with Crippen LogP contribution in [0.2, 0.25) is 0 Å². The standard InChI is InChI=1S/C22H26N4O3/c1-22(2)13-16(15-27)18-12-20(26(28)29)21(23-19(18)14-22)25-10-8-24(9-11-25)17-6-4-3-5-7-17/h3-7,12,15-16H,8-11,13-14H2,1-2H3. The first-order valence-electron chi connectivity index (χ1n) is 10.1. The normalized spacial score (nSPS) is 20.8. The van der Waals surface area contributed by atoms with Crippen LogP contribution in [0.25, 0.3) is 0 Å². The summed E-state index contributed by atoms with van der Waals surface area (Å²) in [6, 6.07) is 11.8. The summed E-state index contributed by atoms with van der Waals surface area (Å²) in [4.78, 5) is 32.1. The molecule has 0 bridgehead atoms. The second-order valence-corrected chi connectivity index (χ2v) is 8.72. The fourth-order valence-corrected chi connectivity index (χ4v) is 4.54. The summed E-state index contributed by atoms with van der Waals surface area (Å²) in [5.41, 5.74) is 2.66. The van der Waals surface area contributed by atoms with Crippen molar-refractivity contribution in [2.75, 3.05) is 36.0 Å². The number of aromatic nitrogens is 1. The Labute approximate surface area is 170 Å². The van der Waals surface area contributed by atoms with Gasteiger partial charge in [-0.05, 0) is 36.0 Å². The zero-order chi connectivity index (χ0) is 20.6. The Morgan fingerprint density at radius 3 is 2.41 bits per heavy atom. The van der Waals surface area contributed by atoms with E-state index in [2.05, 4.69) is 30.9 Å². The number of anilines is 2. The van der Waals surface area contributed by atoms with E-state index < -0.39 is 0 Å². The second-order valence-electron chi connectivity index (χ2n) is 8.72. The Morgan fingerprint density at radius 1 is 1.14 bits per heavy atom. The molecule has 0 spiro atoms. The van der Waals surface area contributed by atoms with E-state index in [1.807, 2.05) is 23.1 Å². The van der Waals surface area contributed by atoms with Crippen LogP contribution in [0.5, 0.6) is 0 Å². The molecule has 2 aliphatic rings. The van der Waals surface area contributed by atoms with Crippen LogP contribution in [0.1, 0.15) is 37.4 Å². The number of aldehydes is 1. The van der Waals surface area contributed by atoms with Gasteiger partial charge in [0.2, 0.25) is 5.82 Å². The quantitative estimate of drug-likeness (QED) is 0.448. The van der Waals surface area contributed by atoms with Crippen LogP contribution in [0.3, 0.4) is 0 Å². The molecule has 1 aromatic heterocycles. The molecular formula is C22H26N4O3. The monoisotopic (exact) mass is 394 g/mol. The fourth-order valence-electron chi connectivity index (χ4n) is 4.54. The Morgan fingerprint density at radius 2 is 1.79 bits per heavy atom. The summed E-state index contributed by atoms with van der Waals surface area (Å²) in [6.07, 6.45) is 2.32. The minimum atomic E-state index is -0.367. The van der Waals surface area contributed by atoms with Crippen molar-refractivity contribution >= 4 is 23.5 Å². The van der Waals surface area contributed by atoms with Crippen molar-refractivity contribution in [1.29, 1.82) is 0 Å². The summed E-state index contributed by atoms with van der Waals surface area (Å²) in [5, 5.41) is 11.8. The number of pyridine rings is 1. The van der Waals surface area contributed by atoms with Crippen molar-refractivity contribution < 1.29 is 9.72 Å². The van der Waals surface area contributed by atoms with Crippen LogP contribution in [-0.2, 0) is 11.2 Å². The molecule has 7 nitrogen and oxygen atoms in total. The number of hydrogen-bond donors (Lipinski definition) is 0. The van der Waals surface area contributed by atoms with E-state index in [4.69, 9.17) is 4.98 Å². The van der Waals surface area contributed by atoms with Crippen molar-refractivity contribution in [1.82, 2.24) is 4.98 Å². The molecular weight excluding hydrogens is 368 g/mol. The highest BCUT2D eigenvalue weighted by molar-refractivity contribution is 5.68. The first kappa shape index (κ1) is 19.4. The third-order valence-electron chi connectivity index (χ3n) is 5.97. The molecule has 29 heavy (non-hydrogen) atoms. The largest absolute Gasteiger partial charge is 0.368 e. The smallest absolute Gasteiger partial charge is 0.311 e. The van der Waals surface area contributed by atoms with E-state index in [-0.39, 0.29) is 21.9 Å². The summed E-state index contributed by atoms with van der Waals surface area (Å²) < 4.78 is 0. The average Bonchev–Trinajstić information content (AvgIpc) is 2.72. The lowest BCUT2D eigenvalue weighted by atomic mass is 9.71. The van der Waals surface area contributed by atoms with Gasteiger partial charge in [-0.2, -0.15) is 0 Å². The second kappa shape index (κ2) is 7.46. The topological polar surface area (TPSA) is 79.6 Å². The lowest BCUT2D eigenvalue weighted by molar-refractivity contribution is -0.384. The van der Waals surface area contributed by atoms with Gasteiger partial charge in [-0.15, -0.1) is 0 Å². The number of piperazine rings is 1. The predicted molar refractivity (Wildman–Crippen MR) is 113 cm³/mol. The van der Waals surface area contributed by atoms with Gasteiger partial charge in [0.15, 0.2) is 0 Å². The molecule has 4 rings (SSSR count). The highest BCUT2D eigenvalue weighted by Gasteiger charge is 2.36. The number of nitro groups is 1. The van der Waals surface area contributed by atoms with Gasteiger partial charge in [-0.3, -0.25) is 10.1 Å². The Kier molecular flexibility index (Phi) is 4.98.